The number of phenols is 1. The van der Waals surface area contributed by atoms with E-state index in [-0.39, 0.29) is 11.3 Å². The average molecular weight is 377 g/mol. The standard InChI is InChI=1S/C22H19NO5/c1-15(27-22(26)16-7-11-18(24)12-8-16)21(25)23-17-9-13-20(14-10-17)28-19-5-3-2-4-6-19/h2-15,24H,1H3,(H,23,25)/t15-/m0/s1. The van der Waals surface area contributed by atoms with Crippen LogP contribution in [0.3, 0.4) is 0 Å². The van der Waals surface area contributed by atoms with Gasteiger partial charge in [0, 0.05) is 5.69 Å². The summed E-state index contributed by atoms with van der Waals surface area (Å²) in [5.74, 6) is 0.296. The van der Waals surface area contributed by atoms with E-state index in [4.69, 9.17) is 9.47 Å². The lowest BCUT2D eigenvalue weighted by Crippen LogP contribution is -2.29. The van der Waals surface area contributed by atoms with Crippen molar-refractivity contribution in [3.8, 4) is 17.2 Å². The number of amides is 1. The fraction of sp³-hybridized carbons (Fsp3) is 0.0909. The van der Waals surface area contributed by atoms with E-state index in [1.807, 2.05) is 30.3 Å². The van der Waals surface area contributed by atoms with E-state index in [0.29, 0.717) is 17.2 Å². The molecular formula is C22H19NO5. The fourth-order valence-electron chi connectivity index (χ4n) is 2.35. The first-order chi connectivity index (χ1) is 13.5. The number of anilines is 1. The van der Waals surface area contributed by atoms with E-state index in [1.54, 1.807) is 24.3 Å². The van der Waals surface area contributed by atoms with Crippen molar-refractivity contribution < 1.29 is 24.2 Å². The number of hydrogen-bond acceptors (Lipinski definition) is 5. The van der Waals surface area contributed by atoms with Crippen LogP contribution < -0.4 is 10.1 Å². The van der Waals surface area contributed by atoms with Crippen molar-refractivity contribution in [2.75, 3.05) is 5.32 Å². The summed E-state index contributed by atoms with van der Waals surface area (Å²) >= 11 is 0. The maximum absolute atomic E-state index is 12.2. The minimum Gasteiger partial charge on any atom is -0.508 e. The predicted octanol–water partition coefficient (Wildman–Crippen LogP) is 4.37. The molecule has 0 fully saturated rings. The summed E-state index contributed by atoms with van der Waals surface area (Å²) in [6.45, 7) is 1.49. The Morgan fingerprint density at radius 3 is 2.11 bits per heavy atom. The van der Waals surface area contributed by atoms with Crippen molar-refractivity contribution in [2.24, 2.45) is 0 Å². The Morgan fingerprint density at radius 1 is 0.857 bits per heavy atom. The molecule has 0 spiro atoms. The molecule has 0 saturated heterocycles. The number of aromatic hydroxyl groups is 1. The molecule has 0 aliphatic rings. The molecule has 3 aromatic rings. The van der Waals surface area contributed by atoms with E-state index in [2.05, 4.69) is 5.32 Å². The molecular weight excluding hydrogens is 358 g/mol. The Bertz CT molecular complexity index is 937. The van der Waals surface area contributed by atoms with Gasteiger partial charge in [-0.05, 0) is 67.6 Å². The Morgan fingerprint density at radius 2 is 1.46 bits per heavy atom. The van der Waals surface area contributed by atoms with Gasteiger partial charge in [0.2, 0.25) is 0 Å². The van der Waals surface area contributed by atoms with Crippen LogP contribution in [0.25, 0.3) is 0 Å². The molecule has 0 bridgehead atoms. The number of nitrogens with one attached hydrogen (secondary N) is 1. The van der Waals surface area contributed by atoms with Gasteiger partial charge in [-0.2, -0.15) is 0 Å². The summed E-state index contributed by atoms with van der Waals surface area (Å²) in [6.07, 6.45) is -0.985. The summed E-state index contributed by atoms with van der Waals surface area (Å²) in [4.78, 5) is 24.3. The SMILES string of the molecule is C[C@H](OC(=O)c1ccc(O)cc1)C(=O)Nc1ccc(Oc2ccccc2)cc1. The first-order valence-corrected chi connectivity index (χ1v) is 8.65. The molecule has 2 N–H and O–H groups in total. The highest BCUT2D eigenvalue weighted by molar-refractivity contribution is 5.97. The second-order valence-electron chi connectivity index (χ2n) is 6.02. The smallest absolute Gasteiger partial charge is 0.338 e. The molecule has 0 saturated carbocycles. The number of para-hydroxylation sites is 1. The third-order valence-corrected chi connectivity index (χ3v) is 3.86. The Kier molecular flexibility index (Phi) is 5.91. The number of carbonyl (C=O) groups excluding carboxylic acids is 2. The van der Waals surface area contributed by atoms with Crippen LogP contribution >= 0.6 is 0 Å². The molecule has 6 heteroatoms. The average Bonchev–Trinajstić information content (AvgIpc) is 2.70. The quantitative estimate of drug-likeness (QED) is 0.623. The first kappa shape index (κ1) is 19.0. The third-order valence-electron chi connectivity index (χ3n) is 3.86. The van der Waals surface area contributed by atoms with Crippen molar-refractivity contribution in [1.82, 2.24) is 0 Å². The summed E-state index contributed by atoms with van der Waals surface area (Å²) in [6, 6.07) is 21.8. The van der Waals surface area contributed by atoms with Gasteiger partial charge in [0.05, 0.1) is 5.56 Å². The van der Waals surface area contributed by atoms with E-state index in [9.17, 15) is 14.7 Å². The van der Waals surface area contributed by atoms with Gasteiger partial charge < -0.3 is 19.9 Å². The van der Waals surface area contributed by atoms with Crippen LogP contribution in [0.2, 0.25) is 0 Å². The summed E-state index contributed by atoms with van der Waals surface area (Å²) < 4.78 is 10.9. The molecule has 0 radical (unpaired) electrons. The van der Waals surface area contributed by atoms with Crippen LogP contribution in [0.5, 0.6) is 17.2 Å². The monoisotopic (exact) mass is 377 g/mol. The van der Waals surface area contributed by atoms with E-state index in [1.165, 1.54) is 31.2 Å². The van der Waals surface area contributed by atoms with Crippen molar-refractivity contribution in [3.63, 3.8) is 0 Å². The summed E-state index contributed by atoms with van der Waals surface area (Å²) in [5, 5.41) is 11.9. The molecule has 1 atom stereocenters. The number of benzene rings is 3. The fourth-order valence-corrected chi connectivity index (χ4v) is 2.35. The number of hydrogen-bond donors (Lipinski definition) is 2. The summed E-state index contributed by atoms with van der Waals surface area (Å²) in [5.41, 5.74) is 0.804. The first-order valence-electron chi connectivity index (χ1n) is 8.65. The minimum absolute atomic E-state index is 0.0435. The molecule has 0 aromatic heterocycles. The number of esters is 1. The van der Waals surface area contributed by atoms with Crippen LogP contribution in [0.15, 0.2) is 78.9 Å². The molecule has 3 rings (SSSR count). The lowest BCUT2D eigenvalue weighted by atomic mass is 10.2. The number of rotatable bonds is 6. The van der Waals surface area contributed by atoms with Crippen molar-refractivity contribution in [1.29, 1.82) is 0 Å². The Hall–Kier alpha value is -3.80. The molecule has 1 amide bonds. The molecule has 28 heavy (non-hydrogen) atoms. The van der Waals surface area contributed by atoms with Crippen LogP contribution in [0.1, 0.15) is 17.3 Å². The van der Waals surface area contributed by atoms with Gasteiger partial charge >= 0.3 is 5.97 Å². The number of ether oxygens (including phenoxy) is 2. The third kappa shape index (κ3) is 5.11. The molecule has 142 valence electrons. The lowest BCUT2D eigenvalue weighted by molar-refractivity contribution is -0.123. The Labute approximate surface area is 162 Å². The predicted molar refractivity (Wildman–Crippen MR) is 105 cm³/mol. The van der Waals surface area contributed by atoms with Gasteiger partial charge in [0.1, 0.15) is 17.2 Å². The topological polar surface area (TPSA) is 84.9 Å². The van der Waals surface area contributed by atoms with Crippen LogP contribution in [0.4, 0.5) is 5.69 Å². The Balaban J connectivity index is 1.54. The van der Waals surface area contributed by atoms with Gasteiger partial charge in [0.25, 0.3) is 5.91 Å². The zero-order chi connectivity index (χ0) is 19.9. The lowest BCUT2D eigenvalue weighted by Gasteiger charge is -2.14. The second kappa shape index (κ2) is 8.73. The molecule has 3 aromatic carbocycles. The zero-order valence-electron chi connectivity index (χ0n) is 15.2. The van der Waals surface area contributed by atoms with Crippen molar-refractivity contribution >= 4 is 17.6 Å². The largest absolute Gasteiger partial charge is 0.508 e. The number of phenolic OH excluding ortho intramolecular Hbond substituents is 1. The second-order valence-corrected chi connectivity index (χ2v) is 6.02. The van der Waals surface area contributed by atoms with Crippen LogP contribution in [-0.2, 0) is 9.53 Å². The molecule has 6 nitrogen and oxygen atoms in total. The van der Waals surface area contributed by atoms with Gasteiger partial charge in [-0.1, -0.05) is 18.2 Å². The van der Waals surface area contributed by atoms with Crippen molar-refractivity contribution in [2.45, 2.75) is 13.0 Å². The molecule has 0 aliphatic heterocycles. The maximum Gasteiger partial charge on any atom is 0.338 e. The van der Waals surface area contributed by atoms with Crippen molar-refractivity contribution in [3.05, 3.63) is 84.4 Å². The molecule has 0 aliphatic carbocycles. The zero-order valence-corrected chi connectivity index (χ0v) is 15.2. The van der Waals surface area contributed by atoms with Crippen LogP contribution in [0, 0.1) is 0 Å². The van der Waals surface area contributed by atoms with Crippen LogP contribution in [-0.4, -0.2) is 23.1 Å². The minimum atomic E-state index is -0.985. The molecule has 0 heterocycles. The summed E-state index contributed by atoms with van der Waals surface area (Å²) in [7, 11) is 0. The van der Waals surface area contributed by atoms with Gasteiger partial charge in [-0.25, -0.2) is 4.79 Å². The number of carbonyl (C=O) groups is 2. The van der Waals surface area contributed by atoms with E-state index < -0.39 is 18.0 Å². The van der Waals surface area contributed by atoms with Gasteiger partial charge in [-0.3, -0.25) is 4.79 Å². The van der Waals surface area contributed by atoms with Gasteiger partial charge in [-0.15, -0.1) is 0 Å². The highest BCUT2D eigenvalue weighted by atomic mass is 16.5. The van der Waals surface area contributed by atoms with E-state index in [0.717, 1.165) is 0 Å². The highest BCUT2D eigenvalue weighted by Crippen LogP contribution is 2.22. The normalized spacial score (nSPS) is 11.3. The van der Waals surface area contributed by atoms with Gasteiger partial charge in [0.15, 0.2) is 6.10 Å². The molecule has 0 unspecified atom stereocenters. The maximum atomic E-state index is 12.2. The highest BCUT2D eigenvalue weighted by Gasteiger charge is 2.19. The van der Waals surface area contributed by atoms with E-state index >= 15 is 0 Å².